The lowest BCUT2D eigenvalue weighted by molar-refractivity contribution is -0.123. The second kappa shape index (κ2) is 10.5. The molecule has 0 radical (unpaired) electrons. The fourth-order valence-electron chi connectivity index (χ4n) is 3.38. The summed E-state index contributed by atoms with van der Waals surface area (Å²) in [6.45, 7) is 3.66. The Hall–Kier alpha value is -4.01. The monoisotopic (exact) mass is 453 g/mol. The molecule has 1 amide bonds. The number of amides is 1. The molecule has 1 heterocycles. The van der Waals surface area contributed by atoms with Crippen molar-refractivity contribution in [3.63, 3.8) is 0 Å². The van der Waals surface area contributed by atoms with Crippen molar-refractivity contribution < 1.29 is 28.5 Å². The van der Waals surface area contributed by atoms with Crippen molar-refractivity contribution in [1.29, 1.82) is 0 Å². The molecule has 9 nitrogen and oxygen atoms in total. The number of nitrogens with zero attached hydrogens (tertiary/aromatic N) is 2. The maximum absolute atomic E-state index is 12.4. The summed E-state index contributed by atoms with van der Waals surface area (Å²) in [7, 11) is 4.98. The number of esters is 1. The van der Waals surface area contributed by atoms with Gasteiger partial charge in [0.25, 0.3) is 5.91 Å². The average Bonchev–Trinajstić information content (AvgIpc) is 3.07. The van der Waals surface area contributed by atoms with Crippen LogP contribution in [0.3, 0.4) is 0 Å². The second-order valence-corrected chi connectivity index (χ2v) is 7.11. The SMILES string of the molecule is CCOC(=O)c1c(C)n(C)c2ccc(OCC(=O)N/N=C\c3ccc(OC)cc3OC)cc12. The van der Waals surface area contributed by atoms with Crippen LogP contribution in [-0.4, -0.2) is 50.1 Å². The first-order valence-electron chi connectivity index (χ1n) is 10.3. The first kappa shape index (κ1) is 23.6. The quantitative estimate of drug-likeness (QED) is 0.303. The molecule has 0 saturated heterocycles. The van der Waals surface area contributed by atoms with Gasteiger partial charge >= 0.3 is 5.97 Å². The number of fused-ring (bicyclic) bond motifs is 1. The maximum Gasteiger partial charge on any atom is 0.340 e. The van der Waals surface area contributed by atoms with Crippen LogP contribution >= 0.6 is 0 Å². The van der Waals surface area contributed by atoms with E-state index < -0.39 is 11.9 Å². The van der Waals surface area contributed by atoms with Crippen LogP contribution in [0.1, 0.15) is 28.5 Å². The van der Waals surface area contributed by atoms with Crippen LogP contribution in [0.2, 0.25) is 0 Å². The van der Waals surface area contributed by atoms with Crippen molar-refractivity contribution in [3.8, 4) is 17.2 Å². The number of carbonyl (C=O) groups is 2. The van der Waals surface area contributed by atoms with Gasteiger partial charge in [0.2, 0.25) is 0 Å². The third-order valence-electron chi connectivity index (χ3n) is 5.15. The topological polar surface area (TPSA) is 100 Å². The van der Waals surface area contributed by atoms with Gasteiger partial charge in [0, 0.05) is 35.3 Å². The van der Waals surface area contributed by atoms with Gasteiger partial charge in [-0.1, -0.05) is 0 Å². The molecule has 0 unspecified atom stereocenters. The van der Waals surface area contributed by atoms with E-state index >= 15 is 0 Å². The zero-order valence-corrected chi connectivity index (χ0v) is 19.3. The van der Waals surface area contributed by atoms with E-state index in [0.29, 0.717) is 33.8 Å². The van der Waals surface area contributed by atoms with E-state index in [1.807, 2.05) is 24.6 Å². The van der Waals surface area contributed by atoms with E-state index in [1.165, 1.54) is 13.3 Å². The number of rotatable bonds is 9. The molecule has 3 aromatic rings. The van der Waals surface area contributed by atoms with E-state index in [-0.39, 0.29) is 13.2 Å². The molecule has 0 atom stereocenters. The molecule has 0 aliphatic heterocycles. The van der Waals surface area contributed by atoms with Crippen molar-refractivity contribution in [2.75, 3.05) is 27.4 Å². The minimum atomic E-state index is -0.436. The minimum absolute atomic E-state index is 0.247. The van der Waals surface area contributed by atoms with Crippen LogP contribution in [0, 0.1) is 6.92 Å². The highest BCUT2D eigenvalue weighted by Gasteiger charge is 2.20. The number of aryl methyl sites for hydroxylation is 1. The van der Waals surface area contributed by atoms with Crippen molar-refractivity contribution in [2.24, 2.45) is 12.1 Å². The third kappa shape index (κ3) is 5.25. The van der Waals surface area contributed by atoms with E-state index in [0.717, 1.165) is 11.2 Å². The van der Waals surface area contributed by atoms with Crippen LogP contribution in [0.25, 0.3) is 10.9 Å². The molecular formula is C24H27N3O6. The molecule has 0 aliphatic rings. The zero-order chi connectivity index (χ0) is 24.0. The summed E-state index contributed by atoms with van der Waals surface area (Å²) in [6, 6.07) is 10.6. The van der Waals surface area contributed by atoms with Crippen molar-refractivity contribution in [3.05, 3.63) is 53.2 Å². The second-order valence-electron chi connectivity index (χ2n) is 7.11. The summed E-state index contributed by atoms with van der Waals surface area (Å²) >= 11 is 0. The molecule has 174 valence electrons. The molecule has 0 bridgehead atoms. The maximum atomic E-state index is 12.4. The Labute approximate surface area is 191 Å². The number of hydrazone groups is 1. The number of hydrogen-bond acceptors (Lipinski definition) is 7. The molecule has 2 aromatic carbocycles. The number of benzene rings is 2. The largest absolute Gasteiger partial charge is 0.497 e. The summed E-state index contributed by atoms with van der Waals surface area (Å²) in [6.07, 6.45) is 1.47. The molecule has 1 aromatic heterocycles. The van der Waals surface area contributed by atoms with Crippen LogP contribution in [0.4, 0.5) is 0 Å². The Balaban J connectivity index is 1.67. The molecule has 0 saturated carbocycles. The van der Waals surface area contributed by atoms with Crippen molar-refractivity contribution in [1.82, 2.24) is 9.99 Å². The molecule has 0 spiro atoms. The molecular weight excluding hydrogens is 426 g/mol. The summed E-state index contributed by atoms with van der Waals surface area (Å²) in [5.74, 6) is 0.840. The van der Waals surface area contributed by atoms with Crippen molar-refractivity contribution in [2.45, 2.75) is 13.8 Å². The number of methoxy groups -OCH3 is 2. The van der Waals surface area contributed by atoms with Gasteiger partial charge in [-0.2, -0.15) is 5.10 Å². The highest BCUT2D eigenvalue weighted by atomic mass is 16.5. The Morgan fingerprint density at radius 2 is 1.85 bits per heavy atom. The highest BCUT2D eigenvalue weighted by Crippen LogP contribution is 2.29. The summed E-state index contributed by atoms with van der Waals surface area (Å²) in [5, 5.41) is 4.66. The van der Waals surface area contributed by atoms with Gasteiger partial charge < -0.3 is 23.5 Å². The Kier molecular flexibility index (Phi) is 7.55. The highest BCUT2D eigenvalue weighted by molar-refractivity contribution is 6.06. The van der Waals surface area contributed by atoms with Crippen LogP contribution < -0.4 is 19.6 Å². The standard InChI is InChI=1S/C24H27N3O6/c1-6-32-24(29)23-15(2)27(3)20-10-9-18(11-19(20)23)33-14-22(28)26-25-13-16-7-8-17(30-4)12-21(16)31-5/h7-13H,6,14H2,1-5H3,(H,26,28)/b25-13-. The van der Waals surface area contributed by atoms with E-state index in [9.17, 15) is 9.59 Å². The predicted molar refractivity (Wildman–Crippen MR) is 124 cm³/mol. The van der Waals surface area contributed by atoms with Gasteiger partial charge in [0.05, 0.1) is 32.6 Å². The molecule has 0 aliphatic carbocycles. The number of aromatic nitrogens is 1. The zero-order valence-electron chi connectivity index (χ0n) is 19.3. The van der Waals surface area contributed by atoms with Gasteiger partial charge in [0.15, 0.2) is 6.61 Å². The Bertz CT molecular complexity index is 1200. The average molecular weight is 453 g/mol. The minimum Gasteiger partial charge on any atom is -0.497 e. The first-order valence-corrected chi connectivity index (χ1v) is 10.3. The lowest BCUT2D eigenvalue weighted by atomic mass is 10.1. The van der Waals surface area contributed by atoms with Crippen LogP contribution in [0.5, 0.6) is 17.2 Å². The third-order valence-corrected chi connectivity index (χ3v) is 5.15. The van der Waals surface area contributed by atoms with Crippen LogP contribution in [0.15, 0.2) is 41.5 Å². The summed E-state index contributed by atoms with van der Waals surface area (Å²) < 4.78 is 23.2. The molecule has 0 fully saturated rings. The Morgan fingerprint density at radius 1 is 1.09 bits per heavy atom. The number of carbonyl (C=O) groups excluding carboxylic acids is 2. The fourth-order valence-corrected chi connectivity index (χ4v) is 3.38. The van der Waals surface area contributed by atoms with E-state index in [1.54, 1.807) is 44.4 Å². The number of nitrogens with one attached hydrogen (secondary N) is 1. The van der Waals surface area contributed by atoms with Crippen molar-refractivity contribution >= 4 is 29.0 Å². The van der Waals surface area contributed by atoms with Crippen LogP contribution in [-0.2, 0) is 16.6 Å². The number of ether oxygens (including phenoxy) is 4. The number of hydrogen-bond donors (Lipinski definition) is 1. The van der Waals surface area contributed by atoms with Gasteiger partial charge in [0.1, 0.15) is 17.2 Å². The lowest BCUT2D eigenvalue weighted by Gasteiger charge is -2.07. The molecule has 3 rings (SSSR count). The molecule has 33 heavy (non-hydrogen) atoms. The Morgan fingerprint density at radius 3 is 2.55 bits per heavy atom. The van der Waals surface area contributed by atoms with Gasteiger partial charge in [-0.25, -0.2) is 10.2 Å². The van der Waals surface area contributed by atoms with Gasteiger partial charge in [-0.15, -0.1) is 0 Å². The molecule has 9 heteroatoms. The predicted octanol–water partition coefficient (Wildman–Crippen LogP) is 3.21. The summed E-state index contributed by atoms with van der Waals surface area (Å²) in [5.41, 5.74) is 5.24. The van der Waals surface area contributed by atoms with E-state index in [2.05, 4.69) is 10.5 Å². The smallest absolute Gasteiger partial charge is 0.340 e. The van der Waals surface area contributed by atoms with Gasteiger partial charge in [-0.3, -0.25) is 4.79 Å². The lowest BCUT2D eigenvalue weighted by Crippen LogP contribution is -2.24. The first-order chi connectivity index (χ1) is 15.9. The molecule has 1 N–H and O–H groups in total. The fraction of sp³-hybridized carbons (Fsp3) is 0.292. The summed E-state index contributed by atoms with van der Waals surface area (Å²) in [4.78, 5) is 24.6. The normalized spacial score (nSPS) is 10.9. The van der Waals surface area contributed by atoms with E-state index in [4.69, 9.17) is 18.9 Å². The van der Waals surface area contributed by atoms with Gasteiger partial charge in [-0.05, 0) is 44.2 Å².